The van der Waals surface area contributed by atoms with Crippen LogP contribution in [0, 0.1) is 0 Å². The summed E-state index contributed by atoms with van der Waals surface area (Å²) in [6, 6.07) is 0. The van der Waals surface area contributed by atoms with Crippen molar-refractivity contribution in [2.75, 3.05) is 7.05 Å². The molecule has 0 radical (unpaired) electrons. The van der Waals surface area contributed by atoms with Crippen molar-refractivity contribution in [3.05, 3.63) is 0 Å². The van der Waals surface area contributed by atoms with E-state index < -0.39 is 5.60 Å². The van der Waals surface area contributed by atoms with Gasteiger partial charge in [0.15, 0.2) is 0 Å². The van der Waals surface area contributed by atoms with Crippen molar-refractivity contribution in [2.45, 2.75) is 44.9 Å². The lowest BCUT2D eigenvalue weighted by molar-refractivity contribution is 0.0488. The topological polar surface area (TPSA) is 50.4 Å². The lowest BCUT2D eigenvalue weighted by atomic mass is 10.2. The fourth-order valence-electron chi connectivity index (χ4n) is 1.06. The highest BCUT2D eigenvalue weighted by atomic mass is 16.6. The summed E-state index contributed by atoms with van der Waals surface area (Å²) in [7, 11) is 1.84. The minimum absolute atomic E-state index is 0.192. The SMILES string of the molecule is CNC1(NC(=O)OC(C)(C)C)CC1. The van der Waals surface area contributed by atoms with Crippen LogP contribution in [0.3, 0.4) is 0 Å². The van der Waals surface area contributed by atoms with Crippen molar-refractivity contribution in [3.8, 4) is 0 Å². The summed E-state index contributed by atoms with van der Waals surface area (Å²) in [6.45, 7) is 5.56. The molecule has 0 aromatic rings. The number of hydrogen-bond acceptors (Lipinski definition) is 3. The summed E-state index contributed by atoms with van der Waals surface area (Å²) in [6.07, 6.45) is 1.60. The molecule has 0 spiro atoms. The monoisotopic (exact) mass is 186 g/mol. The summed E-state index contributed by atoms with van der Waals surface area (Å²) in [5.41, 5.74) is -0.615. The van der Waals surface area contributed by atoms with Crippen LogP contribution in [0.5, 0.6) is 0 Å². The van der Waals surface area contributed by atoms with Gasteiger partial charge in [-0.1, -0.05) is 0 Å². The maximum atomic E-state index is 11.3. The van der Waals surface area contributed by atoms with Crippen LogP contribution in [-0.2, 0) is 4.74 Å². The number of carbonyl (C=O) groups excluding carboxylic acids is 1. The fourth-order valence-corrected chi connectivity index (χ4v) is 1.06. The second-order valence-corrected chi connectivity index (χ2v) is 4.46. The van der Waals surface area contributed by atoms with Gasteiger partial charge in [0.25, 0.3) is 0 Å². The molecule has 13 heavy (non-hydrogen) atoms. The first-order valence-corrected chi connectivity index (χ1v) is 4.57. The summed E-state index contributed by atoms with van der Waals surface area (Å²) >= 11 is 0. The van der Waals surface area contributed by atoms with E-state index in [0.717, 1.165) is 12.8 Å². The molecule has 1 rings (SSSR count). The molecule has 1 aliphatic rings. The molecule has 0 unspecified atom stereocenters. The van der Waals surface area contributed by atoms with Gasteiger partial charge in [0.1, 0.15) is 5.60 Å². The van der Waals surface area contributed by atoms with Crippen LogP contribution in [-0.4, -0.2) is 24.4 Å². The molecule has 4 heteroatoms. The van der Waals surface area contributed by atoms with Crippen LogP contribution in [0.25, 0.3) is 0 Å². The molecule has 76 valence electrons. The number of carbonyl (C=O) groups is 1. The summed E-state index contributed by atoms with van der Waals surface area (Å²) in [5, 5.41) is 5.86. The van der Waals surface area contributed by atoms with Crippen LogP contribution >= 0.6 is 0 Å². The molecule has 1 aliphatic carbocycles. The summed E-state index contributed by atoms with van der Waals surface area (Å²) in [4.78, 5) is 11.3. The molecule has 1 saturated carbocycles. The number of alkyl carbamates (subject to hydrolysis) is 1. The fraction of sp³-hybridized carbons (Fsp3) is 0.889. The van der Waals surface area contributed by atoms with Crippen LogP contribution < -0.4 is 10.6 Å². The Labute approximate surface area is 79.0 Å². The second-order valence-electron chi connectivity index (χ2n) is 4.46. The van der Waals surface area contributed by atoms with E-state index in [1.165, 1.54) is 0 Å². The Morgan fingerprint density at radius 2 is 1.92 bits per heavy atom. The van der Waals surface area contributed by atoms with Gasteiger partial charge in [-0.2, -0.15) is 0 Å². The van der Waals surface area contributed by atoms with Gasteiger partial charge in [0, 0.05) is 0 Å². The van der Waals surface area contributed by atoms with E-state index in [9.17, 15) is 4.79 Å². The van der Waals surface area contributed by atoms with Crippen molar-refractivity contribution in [1.82, 2.24) is 10.6 Å². The van der Waals surface area contributed by atoms with E-state index in [2.05, 4.69) is 10.6 Å². The molecule has 0 bridgehead atoms. The minimum Gasteiger partial charge on any atom is -0.444 e. The Kier molecular flexibility index (Phi) is 2.52. The average molecular weight is 186 g/mol. The predicted molar refractivity (Wildman–Crippen MR) is 50.4 cm³/mol. The number of nitrogens with one attached hydrogen (secondary N) is 2. The molecule has 0 aromatic carbocycles. The smallest absolute Gasteiger partial charge is 0.409 e. The Bertz CT molecular complexity index is 204. The van der Waals surface area contributed by atoms with E-state index in [1.807, 2.05) is 27.8 Å². The molecule has 1 fully saturated rings. The van der Waals surface area contributed by atoms with Crippen LogP contribution in [0.1, 0.15) is 33.6 Å². The van der Waals surface area contributed by atoms with Gasteiger partial charge < -0.3 is 10.1 Å². The lowest BCUT2D eigenvalue weighted by Crippen LogP contribution is -2.47. The Morgan fingerprint density at radius 1 is 1.38 bits per heavy atom. The first kappa shape index (κ1) is 10.3. The quantitative estimate of drug-likeness (QED) is 0.637. The maximum absolute atomic E-state index is 11.3. The van der Waals surface area contributed by atoms with Crippen LogP contribution in [0.4, 0.5) is 4.79 Å². The van der Waals surface area contributed by atoms with Gasteiger partial charge in [-0.05, 0) is 40.7 Å². The van der Waals surface area contributed by atoms with Crippen molar-refractivity contribution in [2.24, 2.45) is 0 Å². The van der Waals surface area contributed by atoms with Gasteiger partial charge >= 0.3 is 6.09 Å². The minimum atomic E-state index is -0.423. The van der Waals surface area contributed by atoms with Crippen molar-refractivity contribution in [1.29, 1.82) is 0 Å². The largest absolute Gasteiger partial charge is 0.444 e. The van der Waals surface area contributed by atoms with E-state index in [-0.39, 0.29) is 11.8 Å². The molecule has 0 heterocycles. The molecule has 1 amide bonds. The third-order valence-electron chi connectivity index (χ3n) is 1.97. The highest BCUT2D eigenvalue weighted by Crippen LogP contribution is 2.31. The molecule has 4 nitrogen and oxygen atoms in total. The molecule has 0 atom stereocenters. The van der Waals surface area contributed by atoms with Gasteiger partial charge in [-0.15, -0.1) is 0 Å². The van der Waals surface area contributed by atoms with Gasteiger partial charge in [0.05, 0.1) is 5.66 Å². The normalized spacial score (nSPS) is 19.4. The first-order chi connectivity index (χ1) is 5.87. The van der Waals surface area contributed by atoms with Gasteiger partial charge in [-0.3, -0.25) is 5.32 Å². The number of rotatable bonds is 2. The number of hydrogen-bond donors (Lipinski definition) is 2. The van der Waals surface area contributed by atoms with Crippen LogP contribution in [0.15, 0.2) is 0 Å². The summed E-state index contributed by atoms with van der Waals surface area (Å²) in [5.74, 6) is 0. The Hall–Kier alpha value is -0.770. The molecule has 2 N–H and O–H groups in total. The standard InChI is InChI=1S/C9H18N2O2/c1-8(2,3)13-7(12)11-9(10-4)5-6-9/h10H,5-6H2,1-4H3,(H,11,12). The maximum Gasteiger partial charge on any atom is 0.409 e. The van der Waals surface area contributed by atoms with E-state index in [1.54, 1.807) is 0 Å². The molecule has 0 saturated heterocycles. The van der Waals surface area contributed by atoms with Crippen molar-refractivity contribution < 1.29 is 9.53 Å². The average Bonchev–Trinajstić information content (AvgIpc) is 2.65. The first-order valence-electron chi connectivity index (χ1n) is 4.57. The zero-order chi connectivity index (χ0) is 10.1. The Balaban J connectivity index is 2.34. The zero-order valence-electron chi connectivity index (χ0n) is 8.73. The van der Waals surface area contributed by atoms with E-state index in [4.69, 9.17) is 4.74 Å². The number of ether oxygens (including phenoxy) is 1. The van der Waals surface area contributed by atoms with Gasteiger partial charge in [0.2, 0.25) is 0 Å². The highest BCUT2D eigenvalue weighted by Gasteiger charge is 2.43. The van der Waals surface area contributed by atoms with E-state index in [0.29, 0.717) is 0 Å². The molecule has 0 aromatic heterocycles. The Morgan fingerprint density at radius 3 is 2.23 bits per heavy atom. The van der Waals surface area contributed by atoms with Crippen molar-refractivity contribution in [3.63, 3.8) is 0 Å². The summed E-state index contributed by atoms with van der Waals surface area (Å²) < 4.78 is 5.13. The molecular weight excluding hydrogens is 168 g/mol. The lowest BCUT2D eigenvalue weighted by Gasteiger charge is -2.23. The van der Waals surface area contributed by atoms with Crippen LogP contribution in [0.2, 0.25) is 0 Å². The highest BCUT2D eigenvalue weighted by molar-refractivity contribution is 5.69. The zero-order valence-corrected chi connectivity index (χ0v) is 8.73. The third kappa shape index (κ3) is 3.22. The molecule has 0 aliphatic heterocycles. The van der Waals surface area contributed by atoms with Crippen molar-refractivity contribution >= 4 is 6.09 Å². The molecular formula is C9H18N2O2. The van der Waals surface area contributed by atoms with E-state index >= 15 is 0 Å². The van der Waals surface area contributed by atoms with Gasteiger partial charge in [-0.25, -0.2) is 4.79 Å². The number of amides is 1. The third-order valence-corrected chi connectivity index (χ3v) is 1.97. The second kappa shape index (κ2) is 3.18. The predicted octanol–water partition coefficient (Wildman–Crippen LogP) is 1.22.